The number of nitrogens with one attached hydrogen (secondary N) is 1. The summed E-state index contributed by atoms with van der Waals surface area (Å²) in [6, 6.07) is 17.1. The summed E-state index contributed by atoms with van der Waals surface area (Å²) in [5.41, 5.74) is 2.03. The molecule has 26 heavy (non-hydrogen) atoms. The van der Waals surface area contributed by atoms with Crippen molar-refractivity contribution in [3.8, 4) is 5.75 Å². The Bertz CT molecular complexity index is 728. The van der Waals surface area contributed by atoms with E-state index in [4.69, 9.17) is 9.84 Å². The molecule has 5 heteroatoms. The lowest BCUT2D eigenvalue weighted by atomic mass is 9.85. The molecular weight excluding hydrogens is 330 g/mol. The Kier molecular flexibility index (Phi) is 7.21. The van der Waals surface area contributed by atoms with E-state index in [1.54, 1.807) is 18.2 Å². The molecule has 2 aromatic rings. The van der Waals surface area contributed by atoms with Crippen LogP contribution in [0, 0.1) is 5.92 Å². The molecule has 0 saturated heterocycles. The van der Waals surface area contributed by atoms with Gasteiger partial charge in [-0.25, -0.2) is 4.79 Å². The SMILES string of the molecule is CC(C)C(CC(=O)NCc1cccc(OCC(=O)O)c1)c1ccccc1. The van der Waals surface area contributed by atoms with Crippen LogP contribution in [0.1, 0.15) is 37.3 Å². The monoisotopic (exact) mass is 355 g/mol. The van der Waals surface area contributed by atoms with Crippen molar-refractivity contribution in [3.05, 3.63) is 65.7 Å². The van der Waals surface area contributed by atoms with Crippen LogP contribution >= 0.6 is 0 Å². The second-order valence-corrected chi connectivity index (χ2v) is 6.57. The van der Waals surface area contributed by atoms with Crippen LogP contribution in [0.5, 0.6) is 5.75 Å². The van der Waals surface area contributed by atoms with Crippen LogP contribution < -0.4 is 10.1 Å². The first-order chi connectivity index (χ1) is 12.5. The molecular formula is C21H25NO4. The highest BCUT2D eigenvalue weighted by Crippen LogP contribution is 2.27. The van der Waals surface area contributed by atoms with Gasteiger partial charge in [0.05, 0.1) is 0 Å². The van der Waals surface area contributed by atoms with Crippen molar-refractivity contribution >= 4 is 11.9 Å². The summed E-state index contributed by atoms with van der Waals surface area (Å²) in [6.07, 6.45) is 0.427. The van der Waals surface area contributed by atoms with Gasteiger partial charge in [0.1, 0.15) is 5.75 Å². The lowest BCUT2D eigenvalue weighted by Crippen LogP contribution is -2.26. The third kappa shape index (κ3) is 6.24. The minimum absolute atomic E-state index is 0.00981. The smallest absolute Gasteiger partial charge is 0.341 e. The van der Waals surface area contributed by atoms with E-state index in [9.17, 15) is 9.59 Å². The molecule has 1 amide bonds. The van der Waals surface area contributed by atoms with Gasteiger partial charge in [0, 0.05) is 13.0 Å². The van der Waals surface area contributed by atoms with Crippen LogP contribution in [0.2, 0.25) is 0 Å². The highest BCUT2D eigenvalue weighted by molar-refractivity contribution is 5.77. The Morgan fingerprint density at radius 1 is 1.08 bits per heavy atom. The molecule has 0 aliphatic rings. The van der Waals surface area contributed by atoms with Gasteiger partial charge in [-0.15, -0.1) is 0 Å². The topological polar surface area (TPSA) is 75.6 Å². The van der Waals surface area contributed by atoms with Gasteiger partial charge in [0.25, 0.3) is 0 Å². The molecule has 0 radical (unpaired) electrons. The average molecular weight is 355 g/mol. The van der Waals surface area contributed by atoms with Gasteiger partial charge in [-0.2, -0.15) is 0 Å². The van der Waals surface area contributed by atoms with Crippen LogP contribution in [0.15, 0.2) is 54.6 Å². The van der Waals surface area contributed by atoms with Crippen molar-refractivity contribution in [1.29, 1.82) is 0 Å². The summed E-state index contributed by atoms with van der Waals surface area (Å²) in [5.74, 6) is -0.0328. The highest BCUT2D eigenvalue weighted by atomic mass is 16.5. The predicted octanol–water partition coefficient (Wildman–Crippen LogP) is 3.60. The van der Waals surface area contributed by atoms with E-state index in [-0.39, 0.29) is 18.4 Å². The molecule has 0 aromatic heterocycles. The fraction of sp³-hybridized carbons (Fsp3) is 0.333. The van der Waals surface area contributed by atoms with E-state index in [1.807, 2.05) is 24.3 Å². The molecule has 0 fully saturated rings. The lowest BCUT2D eigenvalue weighted by molar-refractivity contribution is -0.139. The summed E-state index contributed by atoms with van der Waals surface area (Å²) in [7, 11) is 0. The van der Waals surface area contributed by atoms with Crippen LogP contribution in [0.4, 0.5) is 0 Å². The van der Waals surface area contributed by atoms with E-state index in [2.05, 4.69) is 31.3 Å². The van der Waals surface area contributed by atoms with E-state index >= 15 is 0 Å². The third-order valence-corrected chi connectivity index (χ3v) is 4.19. The van der Waals surface area contributed by atoms with Crippen molar-refractivity contribution in [3.63, 3.8) is 0 Å². The summed E-state index contributed by atoms with van der Waals surface area (Å²) in [6.45, 7) is 4.23. The number of ether oxygens (including phenoxy) is 1. The summed E-state index contributed by atoms with van der Waals surface area (Å²) < 4.78 is 5.16. The Morgan fingerprint density at radius 3 is 2.46 bits per heavy atom. The molecule has 138 valence electrons. The fourth-order valence-corrected chi connectivity index (χ4v) is 2.80. The first-order valence-corrected chi connectivity index (χ1v) is 8.71. The highest BCUT2D eigenvalue weighted by Gasteiger charge is 2.19. The molecule has 5 nitrogen and oxygen atoms in total. The largest absolute Gasteiger partial charge is 0.482 e. The van der Waals surface area contributed by atoms with Gasteiger partial charge in [0.15, 0.2) is 6.61 Å². The van der Waals surface area contributed by atoms with Gasteiger partial charge in [-0.3, -0.25) is 4.79 Å². The van der Waals surface area contributed by atoms with Gasteiger partial charge in [0.2, 0.25) is 5.91 Å². The summed E-state index contributed by atoms with van der Waals surface area (Å²) >= 11 is 0. The van der Waals surface area contributed by atoms with Crippen LogP contribution in [-0.4, -0.2) is 23.6 Å². The van der Waals surface area contributed by atoms with E-state index in [0.717, 1.165) is 5.56 Å². The molecule has 0 saturated carbocycles. The zero-order valence-electron chi connectivity index (χ0n) is 15.1. The number of carbonyl (C=O) groups is 2. The van der Waals surface area contributed by atoms with Crippen LogP contribution in [0.25, 0.3) is 0 Å². The van der Waals surface area contributed by atoms with Gasteiger partial charge < -0.3 is 15.2 Å². The van der Waals surface area contributed by atoms with Crippen molar-refractivity contribution in [1.82, 2.24) is 5.32 Å². The Hall–Kier alpha value is -2.82. The number of amides is 1. The van der Waals surface area contributed by atoms with Gasteiger partial charge >= 0.3 is 5.97 Å². The maximum Gasteiger partial charge on any atom is 0.341 e. The number of hydrogen-bond acceptors (Lipinski definition) is 3. The molecule has 0 aliphatic carbocycles. The van der Waals surface area contributed by atoms with E-state index < -0.39 is 5.97 Å². The molecule has 2 N–H and O–H groups in total. The molecule has 0 spiro atoms. The van der Waals surface area contributed by atoms with Crippen LogP contribution in [0.3, 0.4) is 0 Å². The Balaban J connectivity index is 1.91. The number of carboxylic acid groups (broad SMARTS) is 1. The number of carbonyl (C=O) groups excluding carboxylic acids is 1. The number of hydrogen-bond donors (Lipinski definition) is 2. The van der Waals surface area contributed by atoms with Crippen LogP contribution in [-0.2, 0) is 16.1 Å². The zero-order valence-corrected chi connectivity index (χ0v) is 15.1. The van der Waals surface area contributed by atoms with Crippen molar-refractivity contribution in [2.45, 2.75) is 32.7 Å². The third-order valence-electron chi connectivity index (χ3n) is 4.19. The first kappa shape index (κ1) is 19.5. The summed E-state index contributed by atoms with van der Waals surface area (Å²) in [5, 5.41) is 11.6. The first-order valence-electron chi connectivity index (χ1n) is 8.71. The second kappa shape index (κ2) is 9.61. The minimum atomic E-state index is -1.02. The molecule has 0 heterocycles. The van der Waals surface area contributed by atoms with Crippen molar-refractivity contribution < 1.29 is 19.4 Å². The maximum atomic E-state index is 12.4. The molecule has 2 rings (SSSR count). The molecule has 0 bridgehead atoms. The lowest BCUT2D eigenvalue weighted by Gasteiger charge is -2.21. The number of aliphatic carboxylic acids is 1. The second-order valence-electron chi connectivity index (χ2n) is 6.57. The quantitative estimate of drug-likeness (QED) is 0.721. The van der Waals surface area contributed by atoms with Crippen molar-refractivity contribution in [2.24, 2.45) is 5.92 Å². The van der Waals surface area contributed by atoms with E-state index in [1.165, 1.54) is 5.56 Å². The van der Waals surface area contributed by atoms with Crippen molar-refractivity contribution in [2.75, 3.05) is 6.61 Å². The number of rotatable bonds is 9. The standard InChI is InChI=1S/C21H25NO4/c1-15(2)19(17-8-4-3-5-9-17)12-20(23)22-13-16-7-6-10-18(11-16)26-14-21(24)25/h3-11,15,19H,12-14H2,1-2H3,(H,22,23)(H,24,25). The Labute approximate surface area is 154 Å². The molecule has 2 aromatic carbocycles. The minimum Gasteiger partial charge on any atom is -0.482 e. The zero-order chi connectivity index (χ0) is 18.9. The molecule has 1 atom stereocenters. The fourth-order valence-electron chi connectivity index (χ4n) is 2.80. The number of carboxylic acids is 1. The van der Waals surface area contributed by atoms with Gasteiger partial charge in [-0.1, -0.05) is 56.3 Å². The number of benzene rings is 2. The normalized spacial score (nSPS) is 11.8. The van der Waals surface area contributed by atoms with E-state index in [0.29, 0.717) is 24.6 Å². The van der Waals surface area contributed by atoms with Gasteiger partial charge in [-0.05, 0) is 35.1 Å². The molecule has 1 unspecified atom stereocenters. The molecule has 0 aliphatic heterocycles. The predicted molar refractivity (Wildman–Crippen MR) is 100 cm³/mol. The maximum absolute atomic E-state index is 12.4. The summed E-state index contributed by atoms with van der Waals surface area (Å²) in [4.78, 5) is 22.9. The average Bonchev–Trinajstić information content (AvgIpc) is 2.63. The Morgan fingerprint density at radius 2 is 1.81 bits per heavy atom.